The van der Waals surface area contributed by atoms with E-state index in [0.717, 1.165) is 43.9 Å². The van der Waals surface area contributed by atoms with Crippen LogP contribution in [-0.2, 0) is 16.9 Å². The van der Waals surface area contributed by atoms with Crippen LogP contribution in [0, 0.1) is 0 Å². The van der Waals surface area contributed by atoms with Gasteiger partial charge in [-0.05, 0) is 50.2 Å². The lowest BCUT2D eigenvalue weighted by molar-refractivity contribution is -0.230. The van der Waals surface area contributed by atoms with E-state index in [1.54, 1.807) is 17.1 Å². The summed E-state index contributed by atoms with van der Waals surface area (Å²) >= 11 is 12.7. The maximum absolute atomic E-state index is 6.54. The maximum atomic E-state index is 6.54. The van der Waals surface area contributed by atoms with Gasteiger partial charge in [-0.3, -0.25) is 4.90 Å². The molecule has 7 nitrogen and oxygen atoms in total. The third-order valence-corrected chi connectivity index (χ3v) is 7.49. The van der Waals surface area contributed by atoms with Gasteiger partial charge in [0.2, 0.25) is 0 Å². The van der Waals surface area contributed by atoms with Crippen molar-refractivity contribution in [2.24, 2.45) is 0 Å². The fraction of sp³-hybridized carbons (Fsp3) is 0.462. The standard InChI is InChI=1S/C26H31Cl2N5O2/c1-19(2)31-9-11-32(12-10-31)21-4-6-22(7-5-21)34-15-23-14-26(35-23,16-33-18-29-17-30-33)24-8-3-20(27)13-25(24)28/h3-8,13,17-19,23H,9-12,14-16H2,1-2H3/t23-,26-/m0/s1. The highest BCUT2D eigenvalue weighted by Crippen LogP contribution is 2.46. The molecule has 0 amide bonds. The first-order valence-corrected chi connectivity index (χ1v) is 12.8. The Kier molecular flexibility index (Phi) is 7.21. The van der Waals surface area contributed by atoms with Crippen LogP contribution in [0.5, 0.6) is 5.75 Å². The van der Waals surface area contributed by atoms with Gasteiger partial charge in [-0.1, -0.05) is 29.3 Å². The van der Waals surface area contributed by atoms with Crippen molar-refractivity contribution in [2.45, 2.75) is 44.6 Å². The number of benzene rings is 2. The van der Waals surface area contributed by atoms with Crippen molar-refractivity contribution in [3.63, 3.8) is 0 Å². The van der Waals surface area contributed by atoms with Gasteiger partial charge in [0.05, 0.1) is 12.6 Å². The number of halogens is 2. The van der Waals surface area contributed by atoms with Gasteiger partial charge in [0.25, 0.3) is 0 Å². The molecule has 0 bridgehead atoms. The summed E-state index contributed by atoms with van der Waals surface area (Å²) in [4.78, 5) is 9.01. The Hall–Kier alpha value is -2.32. The van der Waals surface area contributed by atoms with Crippen LogP contribution >= 0.6 is 23.2 Å². The number of anilines is 1. The lowest BCUT2D eigenvalue weighted by Crippen LogP contribution is -2.53. The largest absolute Gasteiger partial charge is 0.491 e. The summed E-state index contributed by atoms with van der Waals surface area (Å²) in [7, 11) is 0. The third kappa shape index (κ3) is 5.43. The van der Waals surface area contributed by atoms with E-state index in [-0.39, 0.29) is 6.10 Å². The van der Waals surface area contributed by atoms with Crippen molar-refractivity contribution >= 4 is 28.9 Å². The summed E-state index contributed by atoms with van der Waals surface area (Å²) < 4.78 is 14.3. The molecule has 0 aliphatic carbocycles. The second-order valence-corrected chi connectivity index (χ2v) is 10.4. The Morgan fingerprint density at radius 1 is 1.09 bits per heavy atom. The van der Waals surface area contributed by atoms with Gasteiger partial charge in [-0.25, -0.2) is 9.67 Å². The average molecular weight is 516 g/mol. The minimum atomic E-state index is -0.592. The summed E-state index contributed by atoms with van der Waals surface area (Å²) in [6.45, 7) is 9.81. The smallest absolute Gasteiger partial charge is 0.137 e. The lowest BCUT2D eigenvalue weighted by Gasteiger charge is -2.48. The zero-order chi connectivity index (χ0) is 24.4. The maximum Gasteiger partial charge on any atom is 0.137 e. The van der Waals surface area contributed by atoms with Gasteiger partial charge in [-0.15, -0.1) is 0 Å². The fourth-order valence-electron chi connectivity index (χ4n) is 5.00. The van der Waals surface area contributed by atoms with Crippen molar-refractivity contribution in [3.8, 4) is 5.75 Å². The molecule has 3 heterocycles. The monoisotopic (exact) mass is 515 g/mol. The minimum absolute atomic E-state index is 0.0472. The molecule has 0 unspecified atom stereocenters. The zero-order valence-electron chi connectivity index (χ0n) is 20.1. The van der Waals surface area contributed by atoms with E-state index in [0.29, 0.717) is 29.2 Å². The summed E-state index contributed by atoms with van der Waals surface area (Å²) in [5.41, 5.74) is 1.55. The molecule has 1 aromatic heterocycles. The topological polar surface area (TPSA) is 55.7 Å². The van der Waals surface area contributed by atoms with Gasteiger partial charge >= 0.3 is 0 Å². The molecular formula is C26H31Cl2N5O2. The van der Waals surface area contributed by atoms with Crippen LogP contribution in [0.25, 0.3) is 0 Å². The van der Waals surface area contributed by atoms with Crippen molar-refractivity contribution < 1.29 is 9.47 Å². The molecule has 3 aromatic rings. The van der Waals surface area contributed by atoms with Crippen LogP contribution < -0.4 is 9.64 Å². The van der Waals surface area contributed by atoms with E-state index in [4.69, 9.17) is 32.7 Å². The molecule has 2 aromatic carbocycles. The van der Waals surface area contributed by atoms with Gasteiger partial charge < -0.3 is 14.4 Å². The van der Waals surface area contributed by atoms with Crippen LogP contribution in [0.1, 0.15) is 25.8 Å². The van der Waals surface area contributed by atoms with Gasteiger partial charge in [0, 0.05) is 59.9 Å². The van der Waals surface area contributed by atoms with Crippen LogP contribution in [-0.4, -0.2) is 64.6 Å². The molecule has 9 heteroatoms. The van der Waals surface area contributed by atoms with E-state index >= 15 is 0 Å². The molecular weight excluding hydrogens is 485 g/mol. The van der Waals surface area contributed by atoms with Crippen LogP contribution in [0.15, 0.2) is 55.1 Å². The number of rotatable bonds is 8. The number of nitrogens with zero attached hydrogens (tertiary/aromatic N) is 5. The highest BCUT2D eigenvalue weighted by molar-refractivity contribution is 6.35. The molecule has 2 atom stereocenters. The normalized spacial score (nSPS) is 22.9. The summed E-state index contributed by atoms with van der Waals surface area (Å²) in [5, 5.41) is 5.43. The number of ether oxygens (including phenoxy) is 2. The van der Waals surface area contributed by atoms with Crippen molar-refractivity contribution in [1.29, 1.82) is 0 Å². The Bertz CT molecular complexity index is 1110. The highest BCUT2D eigenvalue weighted by Gasteiger charge is 2.49. The molecule has 5 rings (SSSR count). The quantitative estimate of drug-likeness (QED) is 0.426. The number of aromatic nitrogens is 3. The molecule has 0 saturated carbocycles. The molecule has 2 saturated heterocycles. The van der Waals surface area contributed by atoms with Gasteiger partial charge in [0.15, 0.2) is 0 Å². The summed E-state index contributed by atoms with van der Waals surface area (Å²) in [6.07, 6.45) is 3.91. The Morgan fingerprint density at radius 2 is 1.83 bits per heavy atom. The number of hydrogen-bond donors (Lipinski definition) is 0. The average Bonchev–Trinajstić information content (AvgIpc) is 3.34. The minimum Gasteiger partial charge on any atom is -0.491 e. The first kappa shape index (κ1) is 24.4. The van der Waals surface area contributed by atoms with Crippen molar-refractivity contribution in [3.05, 3.63) is 70.7 Å². The van der Waals surface area contributed by atoms with Crippen LogP contribution in [0.4, 0.5) is 5.69 Å². The molecule has 0 radical (unpaired) electrons. The summed E-state index contributed by atoms with van der Waals surface area (Å²) in [6, 6.07) is 14.5. The second kappa shape index (κ2) is 10.3. The van der Waals surface area contributed by atoms with E-state index in [9.17, 15) is 0 Å². The van der Waals surface area contributed by atoms with E-state index in [2.05, 4.69) is 45.9 Å². The molecule has 2 aliphatic heterocycles. The van der Waals surface area contributed by atoms with E-state index in [1.807, 2.05) is 24.3 Å². The Balaban J connectivity index is 1.18. The van der Waals surface area contributed by atoms with Crippen molar-refractivity contribution in [1.82, 2.24) is 19.7 Å². The van der Waals surface area contributed by atoms with Crippen molar-refractivity contribution in [2.75, 3.05) is 37.7 Å². The first-order chi connectivity index (χ1) is 16.9. The first-order valence-electron chi connectivity index (χ1n) is 12.1. The van der Waals surface area contributed by atoms with Gasteiger partial charge in [-0.2, -0.15) is 5.10 Å². The number of piperazine rings is 1. The predicted molar refractivity (Wildman–Crippen MR) is 139 cm³/mol. The SMILES string of the molecule is CC(C)N1CCN(c2ccc(OC[C@@H]3C[C@](Cn4cncn4)(c4ccc(Cl)cc4Cl)O3)cc2)CC1. The second-order valence-electron chi connectivity index (χ2n) is 9.58. The number of hydrogen-bond acceptors (Lipinski definition) is 6. The van der Waals surface area contributed by atoms with Gasteiger partial charge in [0.1, 0.15) is 30.6 Å². The van der Waals surface area contributed by atoms with E-state index in [1.165, 1.54) is 12.0 Å². The predicted octanol–water partition coefficient (Wildman–Crippen LogP) is 4.88. The summed E-state index contributed by atoms with van der Waals surface area (Å²) in [5.74, 6) is 0.844. The highest BCUT2D eigenvalue weighted by atomic mass is 35.5. The third-order valence-electron chi connectivity index (χ3n) is 6.94. The molecule has 35 heavy (non-hydrogen) atoms. The lowest BCUT2D eigenvalue weighted by atomic mass is 9.82. The molecule has 0 N–H and O–H groups in total. The molecule has 186 valence electrons. The molecule has 2 fully saturated rings. The fourth-order valence-corrected chi connectivity index (χ4v) is 5.59. The zero-order valence-corrected chi connectivity index (χ0v) is 21.6. The molecule has 0 spiro atoms. The Morgan fingerprint density at radius 3 is 2.46 bits per heavy atom. The Labute approximate surface area is 216 Å². The molecule has 2 aliphatic rings. The van der Waals surface area contributed by atoms with E-state index < -0.39 is 5.60 Å². The van der Waals surface area contributed by atoms with Crippen LogP contribution in [0.2, 0.25) is 10.0 Å². The van der Waals surface area contributed by atoms with Crippen LogP contribution in [0.3, 0.4) is 0 Å².